The number of rotatable bonds is 2. The van der Waals surface area contributed by atoms with Gasteiger partial charge in [-0.25, -0.2) is 0 Å². The third-order valence-electron chi connectivity index (χ3n) is 5.73. The molecule has 1 saturated carbocycles. The fourth-order valence-electron chi connectivity index (χ4n) is 3.86. The number of ether oxygens (including phenoxy) is 1. The first-order valence-electron chi connectivity index (χ1n) is 7.30. The molecule has 1 aliphatic carbocycles. The van der Waals surface area contributed by atoms with Crippen LogP contribution >= 0.6 is 0 Å². The average molecular weight is 260 g/mol. The van der Waals surface area contributed by atoms with Crippen molar-refractivity contribution in [1.82, 2.24) is 0 Å². The summed E-state index contributed by atoms with van der Waals surface area (Å²) in [6.07, 6.45) is 1.72. The van der Waals surface area contributed by atoms with Crippen LogP contribution in [0.4, 0.5) is 0 Å². The van der Waals surface area contributed by atoms with Crippen molar-refractivity contribution in [3.8, 4) is 5.75 Å². The molecule has 1 aliphatic heterocycles. The fraction of sp³-hybridized carbons (Fsp3) is 0.647. The Morgan fingerprint density at radius 3 is 2.53 bits per heavy atom. The Hall–Kier alpha value is -1.02. The molecule has 0 saturated heterocycles. The number of hydrogen-bond donors (Lipinski definition) is 1. The number of aryl methyl sites for hydroxylation is 1. The molecule has 0 aromatic heterocycles. The highest BCUT2D eigenvalue weighted by Gasteiger charge is 2.67. The maximum Gasteiger partial charge on any atom is 0.128 e. The van der Waals surface area contributed by atoms with E-state index in [9.17, 15) is 5.11 Å². The Balaban J connectivity index is 1.96. The lowest BCUT2D eigenvalue weighted by atomic mass is 9.94. The van der Waals surface area contributed by atoms with Crippen LogP contribution in [0.5, 0.6) is 5.75 Å². The Morgan fingerprint density at radius 2 is 1.89 bits per heavy atom. The molecular weight excluding hydrogens is 236 g/mol. The van der Waals surface area contributed by atoms with Gasteiger partial charge >= 0.3 is 0 Å². The minimum atomic E-state index is -0.418. The summed E-state index contributed by atoms with van der Waals surface area (Å²) in [5.41, 5.74) is 2.60. The Morgan fingerprint density at radius 1 is 1.21 bits per heavy atom. The molecule has 1 aromatic rings. The van der Waals surface area contributed by atoms with Crippen molar-refractivity contribution in [3.05, 3.63) is 29.3 Å². The first-order chi connectivity index (χ1) is 8.87. The van der Waals surface area contributed by atoms with Gasteiger partial charge in [0.2, 0.25) is 0 Å². The maximum absolute atomic E-state index is 10.8. The number of fused-ring (bicyclic) bond motifs is 1. The molecule has 2 heteroatoms. The van der Waals surface area contributed by atoms with Gasteiger partial charge in [0, 0.05) is 11.5 Å². The molecule has 1 atom stereocenters. The van der Waals surface area contributed by atoms with Crippen molar-refractivity contribution >= 4 is 0 Å². The van der Waals surface area contributed by atoms with Crippen molar-refractivity contribution in [2.75, 3.05) is 6.61 Å². The van der Waals surface area contributed by atoms with Gasteiger partial charge in [-0.3, -0.25) is 0 Å². The third kappa shape index (κ3) is 1.73. The van der Waals surface area contributed by atoms with E-state index in [0.717, 1.165) is 30.8 Å². The predicted molar refractivity (Wildman–Crippen MR) is 76.3 cm³/mol. The summed E-state index contributed by atoms with van der Waals surface area (Å²) in [7, 11) is 0. The van der Waals surface area contributed by atoms with E-state index in [-0.39, 0.29) is 10.8 Å². The van der Waals surface area contributed by atoms with E-state index in [4.69, 9.17) is 4.74 Å². The molecule has 2 nitrogen and oxygen atoms in total. The lowest BCUT2D eigenvalue weighted by Gasteiger charge is -2.23. The van der Waals surface area contributed by atoms with Crippen molar-refractivity contribution < 1.29 is 9.84 Å². The van der Waals surface area contributed by atoms with Crippen molar-refractivity contribution in [2.45, 2.75) is 46.6 Å². The van der Waals surface area contributed by atoms with E-state index < -0.39 is 6.10 Å². The number of benzene rings is 1. The molecular formula is C17H24O2. The average Bonchev–Trinajstić information content (AvgIpc) is 2.78. The summed E-state index contributed by atoms with van der Waals surface area (Å²) >= 11 is 0. The number of aliphatic hydroxyl groups is 1. The molecule has 1 N–H and O–H groups in total. The van der Waals surface area contributed by atoms with Crippen LogP contribution in [-0.4, -0.2) is 11.7 Å². The SMILES string of the molecule is CC1(C)C(C(O)c2cccc3c2OCCC3)C1(C)C. The van der Waals surface area contributed by atoms with Crippen molar-refractivity contribution in [3.63, 3.8) is 0 Å². The number of hydrogen-bond acceptors (Lipinski definition) is 2. The quantitative estimate of drug-likeness (QED) is 0.878. The second kappa shape index (κ2) is 3.99. The molecule has 1 fully saturated rings. The van der Waals surface area contributed by atoms with Crippen LogP contribution < -0.4 is 4.74 Å². The summed E-state index contributed by atoms with van der Waals surface area (Å²) in [6, 6.07) is 6.20. The van der Waals surface area contributed by atoms with Gasteiger partial charge in [0.25, 0.3) is 0 Å². The topological polar surface area (TPSA) is 29.5 Å². The molecule has 3 rings (SSSR count). The second-order valence-electron chi connectivity index (χ2n) is 7.15. The summed E-state index contributed by atoms with van der Waals surface area (Å²) in [5.74, 6) is 1.25. The van der Waals surface area contributed by atoms with E-state index in [2.05, 4.69) is 39.8 Å². The Labute approximate surface area is 115 Å². The molecule has 104 valence electrons. The monoisotopic (exact) mass is 260 g/mol. The highest BCUT2D eigenvalue weighted by Crippen LogP contribution is 2.72. The summed E-state index contributed by atoms with van der Waals surface area (Å²) in [6.45, 7) is 9.76. The maximum atomic E-state index is 10.8. The van der Waals surface area contributed by atoms with Crippen LogP contribution in [0, 0.1) is 16.7 Å². The van der Waals surface area contributed by atoms with Crippen LogP contribution in [0.25, 0.3) is 0 Å². The summed E-state index contributed by atoms with van der Waals surface area (Å²) < 4.78 is 5.83. The zero-order valence-corrected chi connectivity index (χ0v) is 12.4. The van der Waals surface area contributed by atoms with Crippen LogP contribution in [0.15, 0.2) is 18.2 Å². The van der Waals surface area contributed by atoms with Gasteiger partial charge < -0.3 is 9.84 Å². The van der Waals surface area contributed by atoms with Gasteiger partial charge in [-0.1, -0.05) is 45.9 Å². The molecule has 19 heavy (non-hydrogen) atoms. The lowest BCUT2D eigenvalue weighted by Crippen LogP contribution is -2.14. The highest BCUT2D eigenvalue weighted by atomic mass is 16.5. The molecule has 1 unspecified atom stereocenters. The van der Waals surface area contributed by atoms with Crippen LogP contribution in [-0.2, 0) is 6.42 Å². The van der Waals surface area contributed by atoms with Gasteiger partial charge in [0.1, 0.15) is 5.75 Å². The zero-order chi connectivity index (χ0) is 13.8. The van der Waals surface area contributed by atoms with Gasteiger partial charge in [-0.15, -0.1) is 0 Å². The minimum absolute atomic E-state index is 0.184. The predicted octanol–water partition coefficient (Wildman–Crippen LogP) is 3.73. The molecule has 1 aromatic carbocycles. The first-order valence-corrected chi connectivity index (χ1v) is 7.30. The zero-order valence-electron chi connectivity index (χ0n) is 12.4. The van der Waals surface area contributed by atoms with E-state index in [1.54, 1.807) is 0 Å². The third-order valence-corrected chi connectivity index (χ3v) is 5.73. The van der Waals surface area contributed by atoms with Crippen molar-refractivity contribution in [1.29, 1.82) is 0 Å². The fourth-order valence-corrected chi connectivity index (χ4v) is 3.86. The normalized spacial score (nSPS) is 25.3. The lowest BCUT2D eigenvalue weighted by molar-refractivity contribution is 0.125. The molecule has 0 amide bonds. The standard InChI is InChI=1S/C17H24O2/c1-16(2)15(17(16,3)4)13(18)12-9-5-7-11-8-6-10-19-14(11)12/h5,7,9,13,15,18H,6,8,10H2,1-4H3. The van der Waals surface area contributed by atoms with Gasteiger partial charge in [-0.05, 0) is 29.2 Å². The van der Waals surface area contributed by atoms with Crippen LogP contribution in [0.1, 0.15) is 51.3 Å². The van der Waals surface area contributed by atoms with Gasteiger partial charge in [0.15, 0.2) is 0 Å². The molecule has 0 spiro atoms. The van der Waals surface area contributed by atoms with Gasteiger partial charge in [-0.2, -0.15) is 0 Å². The molecule has 0 radical (unpaired) electrons. The second-order valence-corrected chi connectivity index (χ2v) is 7.15. The Bertz CT molecular complexity index is 488. The van der Waals surface area contributed by atoms with Gasteiger partial charge in [0.05, 0.1) is 12.7 Å². The molecule has 1 heterocycles. The smallest absolute Gasteiger partial charge is 0.128 e. The van der Waals surface area contributed by atoms with Crippen LogP contribution in [0.3, 0.4) is 0 Å². The van der Waals surface area contributed by atoms with E-state index >= 15 is 0 Å². The van der Waals surface area contributed by atoms with E-state index in [0.29, 0.717) is 5.92 Å². The number of para-hydroxylation sites is 1. The highest BCUT2D eigenvalue weighted by molar-refractivity contribution is 5.45. The number of aliphatic hydroxyl groups excluding tert-OH is 1. The summed E-state index contributed by atoms with van der Waals surface area (Å²) in [4.78, 5) is 0. The largest absolute Gasteiger partial charge is 0.493 e. The minimum Gasteiger partial charge on any atom is -0.493 e. The van der Waals surface area contributed by atoms with Crippen molar-refractivity contribution in [2.24, 2.45) is 16.7 Å². The molecule has 2 aliphatic rings. The Kier molecular flexibility index (Phi) is 2.72. The summed E-state index contributed by atoms with van der Waals surface area (Å²) in [5, 5.41) is 10.8. The first kappa shape index (κ1) is 13.0. The molecule has 0 bridgehead atoms. The van der Waals surface area contributed by atoms with E-state index in [1.165, 1.54) is 5.56 Å². The van der Waals surface area contributed by atoms with Crippen LogP contribution in [0.2, 0.25) is 0 Å². The van der Waals surface area contributed by atoms with E-state index in [1.807, 2.05) is 6.07 Å².